The maximum atomic E-state index is 14.7. The van der Waals surface area contributed by atoms with Gasteiger partial charge < -0.3 is 31.3 Å². The van der Waals surface area contributed by atoms with Crippen molar-refractivity contribution in [3.63, 3.8) is 0 Å². The number of benzene rings is 2. The van der Waals surface area contributed by atoms with E-state index in [-0.39, 0.29) is 34.4 Å². The number of nitrogens with one attached hydrogen (secondary N) is 3. The van der Waals surface area contributed by atoms with E-state index in [1.807, 2.05) is 19.0 Å². The fraction of sp³-hybridized carbons (Fsp3) is 0.231. The van der Waals surface area contributed by atoms with Gasteiger partial charge >= 0.3 is 6.18 Å². The van der Waals surface area contributed by atoms with Crippen molar-refractivity contribution in [2.24, 2.45) is 10.7 Å². The summed E-state index contributed by atoms with van der Waals surface area (Å²) in [7, 11) is 4.93. The fourth-order valence-electron chi connectivity index (χ4n) is 3.40. The normalized spacial score (nSPS) is 11.8. The molecule has 0 unspecified atom stereocenters. The molecule has 0 fully saturated rings. The first-order chi connectivity index (χ1) is 18.9. The van der Waals surface area contributed by atoms with Gasteiger partial charge in [-0.15, -0.1) is 0 Å². The number of likely N-dealkylation sites (N-methyl/N-ethyl adjacent to an activating group) is 1. The summed E-state index contributed by atoms with van der Waals surface area (Å²) in [5.41, 5.74) is 5.11. The monoisotopic (exact) mass is 560 g/mol. The molecule has 5 N–H and O–H groups in total. The Labute approximate surface area is 228 Å². The van der Waals surface area contributed by atoms with Crippen molar-refractivity contribution in [3.05, 3.63) is 78.0 Å². The predicted molar refractivity (Wildman–Crippen MR) is 146 cm³/mol. The van der Waals surface area contributed by atoms with Crippen LogP contribution in [0.5, 0.6) is 5.75 Å². The molecule has 1 heterocycles. The van der Waals surface area contributed by atoms with Crippen LogP contribution < -0.4 is 26.4 Å². The maximum Gasteiger partial charge on any atom is 0.420 e. The van der Waals surface area contributed by atoms with Crippen molar-refractivity contribution in [1.29, 1.82) is 0 Å². The van der Waals surface area contributed by atoms with E-state index in [0.29, 0.717) is 18.8 Å². The number of ether oxygens (including phenoxy) is 1. The van der Waals surface area contributed by atoms with E-state index < -0.39 is 29.2 Å². The van der Waals surface area contributed by atoms with Crippen LogP contribution >= 0.6 is 0 Å². The van der Waals surface area contributed by atoms with Gasteiger partial charge in [0, 0.05) is 24.3 Å². The largest absolute Gasteiger partial charge is 0.496 e. The number of nitrogens with two attached hydrogens (primary N) is 1. The first-order valence-electron chi connectivity index (χ1n) is 11.8. The molecule has 0 aliphatic heterocycles. The number of amidine groups is 1. The highest BCUT2D eigenvalue weighted by Crippen LogP contribution is 2.37. The van der Waals surface area contributed by atoms with Crippen LogP contribution in [0.1, 0.15) is 21.6 Å². The zero-order valence-corrected chi connectivity index (χ0v) is 21.9. The molecule has 0 radical (unpaired) electrons. The Balaban J connectivity index is 1.90. The lowest BCUT2D eigenvalue weighted by atomic mass is 10.1. The van der Waals surface area contributed by atoms with Crippen molar-refractivity contribution < 1.29 is 27.1 Å². The molecule has 14 heteroatoms. The number of rotatable bonds is 11. The second-order valence-electron chi connectivity index (χ2n) is 8.56. The number of nitrogens with zero attached hydrogens (tertiary/aromatic N) is 4. The van der Waals surface area contributed by atoms with Crippen molar-refractivity contribution in [2.45, 2.75) is 6.18 Å². The van der Waals surface area contributed by atoms with Gasteiger partial charge in [-0.05, 0) is 56.7 Å². The molecule has 0 aliphatic rings. The molecule has 10 nitrogen and oxygen atoms in total. The Morgan fingerprint density at radius 3 is 2.62 bits per heavy atom. The molecule has 2 aromatic carbocycles. The Bertz CT molecular complexity index is 1410. The van der Waals surface area contributed by atoms with Gasteiger partial charge in [0.15, 0.2) is 5.84 Å². The summed E-state index contributed by atoms with van der Waals surface area (Å²) in [6.45, 7) is 4.85. The third kappa shape index (κ3) is 7.66. The Hall–Kier alpha value is -4.72. The van der Waals surface area contributed by atoms with Crippen LogP contribution in [-0.2, 0) is 6.18 Å². The van der Waals surface area contributed by atoms with E-state index in [4.69, 9.17) is 10.5 Å². The lowest BCUT2D eigenvalue weighted by Crippen LogP contribution is -2.23. The van der Waals surface area contributed by atoms with E-state index in [1.165, 1.54) is 18.5 Å². The quantitative estimate of drug-likeness (QED) is 0.154. The summed E-state index contributed by atoms with van der Waals surface area (Å²) in [4.78, 5) is 27.4. The predicted octanol–water partition coefficient (Wildman–Crippen LogP) is 4.46. The van der Waals surface area contributed by atoms with Crippen molar-refractivity contribution >= 4 is 34.8 Å². The zero-order chi connectivity index (χ0) is 29.4. The van der Waals surface area contributed by atoms with Gasteiger partial charge in [-0.3, -0.25) is 4.79 Å². The van der Waals surface area contributed by atoms with Gasteiger partial charge in [-0.1, -0.05) is 6.58 Å². The second kappa shape index (κ2) is 12.9. The van der Waals surface area contributed by atoms with Gasteiger partial charge in [0.1, 0.15) is 22.9 Å². The third-order valence-corrected chi connectivity index (χ3v) is 5.34. The number of amides is 1. The second-order valence-corrected chi connectivity index (χ2v) is 8.56. The molecule has 0 atom stereocenters. The van der Waals surface area contributed by atoms with Crippen molar-refractivity contribution in [3.8, 4) is 5.75 Å². The SMILES string of the molecule is C=CNc1cnc(NCCN(C)C)nc1C(N)=Nc1cc(C(=O)Nc2ccc(OC)c(C(F)(F)F)c2)ccc1F. The van der Waals surface area contributed by atoms with E-state index >= 15 is 0 Å². The number of hydrogen-bond donors (Lipinski definition) is 4. The van der Waals surface area contributed by atoms with Crippen LogP contribution in [0.15, 0.2) is 60.4 Å². The van der Waals surface area contributed by atoms with Crippen molar-refractivity contribution in [2.75, 3.05) is 50.2 Å². The highest BCUT2D eigenvalue weighted by molar-refractivity contribution is 6.06. The molecule has 0 saturated heterocycles. The number of aromatic nitrogens is 2. The molecule has 3 aromatic rings. The summed E-state index contributed by atoms with van der Waals surface area (Å²) in [6, 6.07) is 6.34. The highest BCUT2D eigenvalue weighted by Gasteiger charge is 2.34. The average molecular weight is 561 g/mol. The van der Waals surface area contributed by atoms with Crippen LogP contribution in [0.3, 0.4) is 0 Å². The lowest BCUT2D eigenvalue weighted by molar-refractivity contribution is -0.138. The van der Waals surface area contributed by atoms with Gasteiger partial charge in [-0.2, -0.15) is 13.2 Å². The first kappa shape index (κ1) is 29.8. The van der Waals surface area contributed by atoms with Crippen LogP contribution in [0, 0.1) is 5.82 Å². The number of alkyl halides is 3. The van der Waals surface area contributed by atoms with E-state index in [0.717, 1.165) is 37.4 Å². The summed E-state index contributed by atoms with van der Waals surface area (Å²) >= 11 is 0. The number of carbonyl (C=O) groups is 1. The molecular weight excluding hydrogens is 532 g/mol. The number of aliphatic imine (C=N–C) groups is 1. The minimum absolute atomic E-state index is 0.0736. The lowest BCUT2D eigenvalue weighted by Gasteiger charge is -2.14. The van der Waals surface area contributed by atoms with E-state index in [9.17, 15) is 22.4 Å². The van der Waals surface area contributed by atoms with E-state index in [2.05, 4.69) is 37.5 Å². The van der Waals surface area contributed by atoms with Crippen LogP contribution in [0.2, 0.25) is 0 Å². The smallest absolute Gasteiger partial charge is 0.420 e. The molecule has 0 aliphatic carbocycles. The number of anilines is 3. The zero-order valence-electron chi connectivity index (χ0n) is 21.9. The van der Waals surface area contributed by atoms with Gasteiger partial charge in [0.05, 0.1) is 24.6 Å². The topological polar surface area (TPSA) is 130 Å². The number of methoxy groups -OCH3 is 1. The third-order valence-electron chi connectivity index (χ3n) is 5.34. The Morgan fingerprint density at radius 1 is 1.23 bits per heavy atom. The number of carbonyl (C=O) groups excluding carboxylic acids is 1. The minimum Gasteiger partial charge on any atom is -0.496 e. The molecule has 40 heavy (non-hydrogen) atoms. The summed E-state index contributed by atoms with van der Waals surface area (Å²) < 4.78 is 59.4. The highest BCUT2D eigenvalue weighted by atomic mass is 19.4. The maximum absolute atomic E-state index is 14.7. The molecule has 1 aromatic heterocycles. The fourth-order valence-corrected chi connectivity index (χ4v) is 3.40. The standard InChI is InChI=1S/C26H28F4N8O2/c1-5-32-20-14-34-25(33-10-11-38(2)3)37-22(20)23(31)36-19-12-15(6-8-18(19)27)24(39)35-16-7-9-21(40-4)17(13-16)26(28,29)30/h5-9,12-14,32H,1,10-11H2,2-4H3,(H2,31,36)(H,35,39)(H,33,34,37). The van der Waals surface area contributed by atoms with Crippen LogP contribution in [0.25, 0.3) is 0 Å². The minimum atomic E-state index is -4.70. The molecule has 1 amide bonds. The summed E-state index contributed by atoms with van der Waals surface area (Å²) in [5, 5.41) is 8.25. The molecule has 3 rings (SSSR count). The Kier molecular flexibility index (Phi) is 9.61. The van der Waals surface area contributed by atoms with E-state index in [1.54, 1.807) is 0 Å². The first-order valence-corrected chi connectivity index (χ1v) is 11.8. The van der Waals surface area contributed by atoms with Crippen molar-refractivity contribution in [1.82, 2.24) is 14.9 Å². The van der Waals surface area contributed by atoms with Gasteiger partial charge in [-0.25, -0.2) is 19.4 Å². The molecule has 0 saturated carbocycles. The molecule has 0 bridgehead atoms. The Morgan fingerprint density at radius 2 is 1.98 bits per heavy atom. The average Bonchev–Trinajstić information content (AvgIpc) is 2.90. The summed E-state index contributed by atoms with van der Waals surface area (Å²) in [6.07, 6.45) is -1.87. The van der Waals surface area contributed by atoms with Gasteiger partial charge in [0.25, 0.3) is 5.91 Å². The molecule has 0 spiro atoms. The van der Waals surface area contributed by atoms with Crippen LogP contribution in [0.4, 0.5) is 40.6 Å². The number of halogens is 4. The summed E-state index contributed by atoms with van der Waals surface area (Å²) in [5.74, 6) is -1.91. The molecule has 212 valence electrons. The van der Waals surface area contributed by atoms with Crippen LogP contribution in [-0.4, -0.2) is 60.9 Å². The number of hydrogen-bond acceptors (Lipinski definition) is 8. The van der Waals surface area contributed by atoms with Gasteiger partial charge in [0.2, 0.25) is 5.95 Å². The molecular formula is C26H28F4N8O2.